The van der Waals surface area contributed by atoms with Crippen LogP contribution < -0.4 is 10.0 Å². The van der Waals surface area contributed by atoms with Crippen molar-refractivity contribution in [1.82, 2.24) is 0 Å². The van der Waals surface area contributed by atoms with Crippen LogP contribution >= 0.6 is 0 Å². The zero-order valence-corrected chi connectivity index (χ0v) is 16.0. The molecular weight excluding hydrogens is 381 g/mol. The van der Waals surface area contributed by atoms with E-state index < -0.39 is 21.8 Å². The maximum atomic E-state index is 13.0. The molecule has 5 nitrogen and oxygen atoms in total. The zero-order chi connectivity index (χ0) is 20.6. The summed E-state index contributed by atoms with van der Waals surface area (Å²) in [5, 5.41) is 2.57. The normalized spacial score (nSPS) is 12.0. The summed E-state index contributed by atoms with van der Waals surface area (Å²) in [5.74, 6) is -0.304. The van der Waals surface area contributed by atoms with Crippen LogP contribution in [0.25, 0.3) is 0 Å². The van der Waals surface area contributed by atoms with Crippen molar-refractivity contribution < 1.29 is 26.4 Å². The molecule has 2 rings (SSSR count). The third-order valence-corrected chi connectivity index (χ3v) is 5.53. The largest absolute Gasteiger partial charge is 0.416 e. The smallest absolute Gasteiger partial charge is 0.326 e. The van der Waals surface area contributed by atoms with Crippen molar-refractivity contribution in [2.24, 2.45) is 0 Å². The zero-order valence-electron chi connectivity index (χ0n) is 15.2. The molecule has 0 saturated carbocycles. The van der Waals surface area contributed by atoms with E-state index in [0.29, 0.717) is 16.8 Å². The highest BCUT2D eigenvalue weighted by molar-refractivity contribution is 7.92. The van der Waals surface area contributed by atoms with Crippen LogP contribution in [0.4, 0.5) is 24.5 Å². The SMILES string of the molecule is CC(=O)Nc1cc(C)c(S(=O)(=O)Nc2ccc(C)c(C(F)(F)F)c2)c(C)c1. The monoisotopic (exact) mass is 400 g/mol. The molecule has 0 aliphatic carbocycles. The first-order valence-electron chi connectivity index (χ1n) is 7.91. The molecule has 27 heavy (non-hydrogen) atoms. The van der Waals surface area contributed by atoms with Gasteiger partial charge < -0.3 is 5.32 Å². The topological polar surface area (TPSA) is 75.3 Å². The molecule has 0 aromatic heterocycles. The third kappa shape index (κ3) is 4.79. The lowest BCUT2D eigenvalue weighted by atomic mass is 10.1. The highest BCUT2D eigenvalue weighted by Crippen LogP contribution is 2.34. The van der Waals surface area contributed by atoms with Crippen LogP contribution in [0.3, 0.4) is 0 Å². The van der Waals surface area contributed by atoms with Gasteiger partial charge in [-0.15, -0.1) is 0 Å². The number of alkyl halides is 3. The Balaban J connectivity index is 2.45. The second kappa shape index (κ2) is 7.22. The first kappa shape index (κ1) is 20.8. The second-order valence-electron chi connectivity index (χ2n) is 6.25. The number of aryl methyl sites for hydroxylation is 3. The molecule has 0 radical (unpaired) electrons. The van der Waals surface area contributed by atoms with Gasteiger partial charge in [-0.25, -0.2) is 8.42 Å². The summed E-state index contributed by atoms with van der Waals surface area (Å²) >= 11 is 0. The van der Waals surface area contributed by atoms with Gasteiger partial charge in [0.1, 0.15) is 0 Å². The predicted octanol–water partition coefficient (Wildman–Crippen LogP) is 4.39. The molecule has 2 N–H and O–H groups in total. The van der Waals surface area contributed by atoms with Crippen LogP contribution in [-0.4, -0.2) is 14.3 Å². The number of carbonyl (C=O) groups excluding carboxylic acids is 1. The molecule has 0 fully saturated rings. The van der Waals surface area contributed by atoms with Gasteiger partial charge in [0.05, 0.1) is 10.5 Å². The number of halogens is 3. The highest BCUT2D eigenvalue weighted by Gasteiger charge is 2.33. The molecule has 1 amide bonds. The van der Waals surface area contributed by atoms with Crippen LogP contribution in [0, 0.1) is 20.8 Å². The molecule has 0 aliphatic heterocycles. The number of hydrogen-bond acceptors (Lipinski definition) is 3. The van der Waals surface area contributed by atoms with Crippen LogP contribution in [0.5, 0.6) is 0 Å². The molecule has 0 saturated heterocycles. The van der Waals surface area contributed by atoms with Gasteiger partial charge in [-0.3, -0.25) is 9.52 Å². The average Bonchev–Trinajstić information content (AvgIpc) is 2.45. The van der Waals surface area contributed by atoms with Gasteiger partial charge in [-0.1, -0.05) is 6.07 Å². The van der Waals surface area contributed by atoms with E-state index in [1.165, 1.54) is 38.1 Å². The van der Waals surface area contributed by atoms with Crippen molar-refractivity contribution >= 4 is 27.3 Å². The van der Waals surface area contributed by atoms with E-state index >= 15 is 0 Å². The number of amides is 1. The Morgan fingerprint density at radius 3 is 1.96 bits per heavy atom. The fourth-order valence-electron chi connectivity index (χ4n) is 2.85. The number of nitrogens with one attached hydrogen (secondary N) is 2. The summed E-state index contributed by atoms with van der Waals surface area (Å²) in [6.45, 7) is 5.72. The Morgan fingerprint density at radius 1 is 0.926 bits per heavy atom. The van der Waals surface area contributed by atoms with Crippen molar-refractivity contribution in [3.8, 4) is 0 Å². The minimum absolute atomic E-state index is 0.00234. The summed E-state index contributed by atoms with van der Waals surface area (Å²) in [6, 6.07) is 6.22. The van der Waals surface area contributed by atoms with Crippen molar-refractivity contribution in [3.63, 3.8) is 0 Å². The summed E-state index contributed by atoms with van der Waals surface area (Å²) in [4.78, 5) is 11.1. The van der Waals surface area contributed by atoms with Gasteiger partial charge in [-0.2, -0.15) is 13.2 Å². The molecule has 0 unspecified atom stereocenters. The Morgan fingerprint density at radius 2 is 1.48 bits per heavy atom. The maximum Gasteiger partial charge on any atom is 0.416 e. The summed E-state index contributed by atoms with van der Waals surface area (Å²) in [5.41, 5.74) is 0.0576. The molecule has 9 heteroatoms. The van der Waals surface area contributed by atoms with Crippen LogP contribution in [0.15, 0.2) is 35.2 Å². The summed E-state index contributed by atoms with van der Waals surface area (Å²) in [7, 11) is -4.13. The van der Waals surface area contributed by atoms with Crippen LogP contribution in [0.2, 0.25) is 0 Å². The average molecular weight is 400 g/mol. The van der Waals surface area contributed by atoms with Gasteiger partial charge in [0.2, 0.25) is 5.91 Å². The van der Waals surface area contributed by atoms with Gasteiger partial charge in [0, 0.05) is 18.3 Å². The Hall–Kier alpha value is -2.55. The van der Waals surface area contributed by atoms with Gasteiger partial charge in [-0.05, 0) is 61.7 Å². The molecule has 0 aliphatic rings. The van der Waals surface area contributed by atoms with E-state index in [1.54, 1.807) is 13.8 Å². The molecule has 2 aromatic rings. The molecule has 0 atom stereocenters. The molecule has 0 spiro atoms. The first-order chi connectivity index (χ1) is 12.3. The molecule has 146 valence electrons. The standard InChI is InChI=1S/C18H19F3N2O3S/c1-10-5-6-14(9-16(10)18(19,20)21)23-27(25,26)17-11(2)7-15(8-12(17)3)22-13(4)24/h5-9,23H,1-4H3,(H,22,24). The number of anilines is 2. The van der Waals surface area contributed by atoms with Crippen molar-refractivity contribution in [1.29, 1.82) is 0 Å². The molecule has 0 heterocycles. The minimum atomic E-state index is -4.59. The van der Waals surface area contributed by atoms with Crippen molar-refractivity contribution in [2.75, 3.05) is 10.0 Å². The number of carbonyl (C=O) groups is 1. The third-order valence-electron chi connectivity index (χ3n) is 3.84. The minimum Gasteiger partial charge on any atom is -0.326 e. The van der Waals surface area contributed by atoms with E-state index in [1.807, 2.05) is 0 Å². The van der Waals surface area contributed by atoms with E-state index in [-0.39, 0.29) is 22.1 Å². The number of hydrogen-bond donors (Lipinski definition) is 2. The first-order valence-corrected chi connectivity index (χ1v) is 9.39. The molecule has 0 bridgehead atoms. The lowest BCUT2D eigenvalue weighted by Gasteiger charge is -2.16. The van der Waals surface area contributed by atoms with Crippen LogP contribution in [-0.2, 0) is 21.0 Å². The Kier molecular flexibility index (Phi) is 5.55. The summed E-state index contributed by atoms with van der Waals surface area (Å²) in [6.07, 6.45) is -4.59. The Labute approximate surface area is 155 Å². The van der Waals surface area contributed by atoms with E-state index in [4.69, 9.17) is 0 Å². The lowest BCUT2D eigenvalue weighted by Crippen LogP contribution is -2.17. The van der Waals surface area contributed by atoms with Gasteiger partial charge >= 0.3 is 6.18 Å². The predicted molar refractivity (Wildman–Crippen MR) is 97.2 cm³/mol. The highest BCUT2D eigenvalue weighted by atomic mass is 32.2. The van der Waals surface area contributed by atoms with Crippen molar-refractivity contribution in [3.05, 3.63) is 52.6 Å². The van der Waals surface area contributed by atoms with E-state index in [2.05, 4.69) is 10.0 Å². The Bertz CT molecular complexity index is 976. The van der Waals surface area contributed by atoms with Gasteiger partial charge in [0.25, 0.3) is 10.0 Å². The fourth-order valence-corrected chi connectivity index (χ4v) is 4.35. The second-order valence-corrected chi connectivity index (χ2v) is 7.87. The summed E-state index contributed by atoms with van der Waals surface area (Å²) < 4.78 is 66.8. The molecule has 2 aromatic carbocycles. The number of rotatable bonds is 4. The maximum absolute atomic E-state index is 13.0. The lowest BCUT2D eigenvalue weighted by molar-refractivity contribution is -0.138. The number of sulfonamides is 1. The van der Waals surface area contributed by atoms with Gasteiger partial charge in [0.15, 0.2) is 0 Å². The fraction of sp³-hybridized carbons (Fsp3) is 0.278. The van der Waals surface area contributed by atoms with E-state index in [9.17, 15) is 26.4 Å². The van der Waals surface area contributed by atoms with Crippen LogP contribution in [0.1, 0.15) is 29.2 Å². The van der Waals surface area contributed by atoms with E-state index in [0.717, 1.165) is 6.07 Å². The van der Waals surface area contributed by atoms with Crippen molar-refractivity contribution in [2.45, 2.75) is 38.8 Å². The molecular formula is C18H19F3N2O3S. The quantitative estimate of drug-likeness (QED) is 0.799. The number of benzene rings is 2.